The fourth-order valence-electron chi connectivity index (χ4n) is 3.00. The van der Waals surface area contributed by atoms with Crippen LogP contribution in [0.2, 0.25) is 0 Å². The van der Waals surface area contributed by atoms with Gasteiger partial charge in [-0.1, -0.05) is 6.07 Å². The Labute approximate surface area is 169 Å². The molecular formula is C22H24FN5O. The zero-order chi connectivity index (χ0) is 20.8. The van der Waals surface area contributed by atoms with Gasteiger partial charge in [0.1, 0.15) is 23.2 Å². The lowest BCUT2D eigenvalue weighted by atomic mass is 10.2. The molecule has 0 saturated carbocycles. The van der Waals surface area contributed by atoms with Crippen molar-refractivity contribution in [1.82, 2.24) is 9.97 Å². The highest BCUT2D eigenvalue weighted by Gasteiger charge is 2.12. The molecule has 2 aromatic carbocycles. The molecule has 0 radical (unpaired) electrons. The number of anilines is 4. The van der Waals surface area contributed by atoms with Gasteiger partial charge in [-0.15, -0.1) is 0 Å². The van der Waals surface area contributed by atoms with Crippen LogP contribution in [0.5, 0.6) is 0 Å². The van der Waals surface area contributed by atoms with Gasteiger partial charge in [-0.2, -0.15) is 0 Å². The van der Waals surface area contributed by atoms with Crippen molar-refractivity contribution in [2.45, 2.75) is 20.8 Å². The van der Waals surface area contributed by atoms with Crippen molar-refractivity contribution in [2.24, 2.45) is 0 Å². The van der Waals surface area contributed by atoms with Crippen LogP contribution in [0.4, 0.5) is 27.3 Å². The molecule has 0 bridgehead atoms. The Morgan fingerprint density at radius 3 is 2.38 bits per heavy atom. The van der Waals surface area contributed by atoms with E-state index in [-0.39, 0.29) is 5.69 Å². The van der Waals surface area contributed by atoms with E-state index in [1.807, 2.05) is 24.3 Å². The van der Waals surface area contributed by atoms with E-state index in [0.29, 0.717) is 17.3 Å². The molecule has 2 N–H and O–H groups in total. The van der Waals surface area contributed by atoms with E-state index in [9.17, 15) is 9.18 Å². The fourth-order valence-corrected chi connectivity index (χ4v) is 3.00. The molecule has 29 heavy (non-hydrogen) atoms. The summed E-state index contributed by atoms with van der Waals surface area (Å²) in [6.45, 7) is 7.84. The topological polar surface area (TPSA) is 70.2 Å². The van der Waals surface area contributed by atoms with Crippen molar-refractivity contribution in [3.05, 3.63) is 71.9 Å². The number of carbonyl (C=O) groups is 1. The number of benzene rings is 2. The molecule has 1 amide bonds. The quantitative estimate of drug-likeness (QED) is 0.605. The first-order valence-electron chi connectivity index (χ1n) is 9.53. The van der Waals surface area contributed by atoms with Crippen LogP contribution >= 0.6 is 0 Å². The average Bonchev–Trinajstić information content (AvgIpc) is 2.70. The first kappa shape index (κ1) is 20.3. The molecule has 0 atom stereocenters. The molecule has 3 aromatic rings. The minimum absolute atomic E-state index is 0.198. The third-order valence-corrected chi connectivity index (χ3v) is 4.42. The molecule has 0 spiro atoms. The van der Waals surface area contributed by atoms with Crippen LogP contribution in [0.3, 0.4) is 0 Å². The monoisotopic (exact) mass is 393 g/mol. The zero-order valence-electron chi connectivity index (χ0n) is 16.7. The molecule has 3 rings (SSSR count). The van der Waals surface area contributed by atoms with Crippen LogP contribution in [0.15, 0.2) is 54.6 Å². The second-order valence-corrected chi connectivity index (χ2v) is 6.49. The summed E-state index contributed by atoms with van der Waals surface area (Å²) in [6.07, 6.45) is 0. The number of halogens is 1. The first-order valence-corrected chi connectivity index (χ1v) is 9.53. The third kappa shape index (κ3) is 5.28. The van der Waals surface area contributed by atoms with E-state index in [1.165, 1.54) is 18.2 Å². The van der Waals surface area contributed by atoms with Crippen LogP contribution in [0.25, 0.3) is 0 Å². The van der Waals surface area contributed by atoms with Crippen LogP contribution in [-0.2, 0) is 0 Å². The summed E-state index contributed by atoms with van der Waals surface area (Å²) in [6, 6.07) is 15.3. The molecule has 7 heteroatoms. The molecule has 0 unspecified atom stereocenters. The van der Waals surface area contributed by atoms with Gasteiger partial charge in [0.2, 0.25) is 0 Å². The highest BCUT2D eigenvalue weighted by atomic mass is 19.1. The maximum absolute atomic E-state index is 13.3. The number of hydrogen-bond acceptors (Lipinski definition) is 5. The van der Waals surface area contributed by atoms with Crippen molar-refractivity contribution in [2.75, 3.05) is 28.6 Å². The summed E-state index contributed by atoms with van der Waals surface area (Å²) in [4.78, 5) is 23.3. The highest BCUT2D eigenvalue weighted by Crippen LogP contribution is 2.21. The normalized spacial score (nSPS) is 10.5. The second-order valence-electron chi connectivity index (χ2n) is 6.49. The molecule has 0 aliphatic carbocycles. The zero-order valence-corrected chi connectivity index (χ0v) is 16.7. The number of nitrogens with zero attached hydrogens (tertiary/aromatic N) is 3. The van der Waals surface area contributed by atoms with E-state index in [0.717, 1.165) is 24.5 Å². The van der Waals surface area contributed by atoms with Gasteiger partial charge in [-0.3, -0.25) is 4.79 Å². The Bertz CT molecular complexity index is 987. The van der Waals surface area contributed by atoms with Gasteiger partial charge in [-0.25, -0.2) is 14.4 Å². The van der Waals surface area contributed by atoms with Gasteiger partial charge >= 0.3 is 0 Å². The van der Waals surface area contributed by atoms with Crippen LogP contribution in [0, 0.1) is 12.7 Å². The van der Waals surface area contributed by atoms with Crippen molar-refractivity contribution < 1.29 is 9.18 Å². The minimum Gasteiger partial charge on any atom is -0.372 e. The fraction of sp³-hybridized carbons (Fsp3) is 0.227. The lowest BCUT2D eigenvalue weighted by molar-refractivity contribution is 0.102. The number of aryl methyl sites for hydroxylation is 1. The molecule has 0 aliphatic heterocycles. The van der Waals surface area contributed by atoms with Crippen molar-refractivity contribution in [1.29, 1.82) is 0 Å². The van der Waals surface area contributed by atoms with E-state index in [4.69, 9.17) is 0 Å². The van der Waals surface area contributed by atoms with Crippen molar-refractivity contribution in [3.8, 4) is 0 Å². The predicted octanol–water partition coefficient (Wildman–Crippen LogP) is 4.77. The van der Waals surface area contributed by atoms with Gasteiger partial charge in [0.05, 0.1) is 0 Å². The van der Waals surface area contributed by atoms with E-state index >= 15 is 0 Å². The summed E-state index contributed by atoms with van der Waals surface area (Å²) in [5.74, 6) is 0.120. The van der Waals surface area contributed by atoms with E-state index in [1.54, 1.807) is 19.1 Å². The Balaban J connectivity index is 1.75. The number of carbonyl (C=O) groups excluding carboxylic acids is 1. The molecule has 0 aliphatic rings. The lowest BCUT2D eigenvalue weighted by Gasteiger charge is -2.21. The summed E-state index contributed by atoms with van der Waals surface area (Å²) >= 11 is 0. The maximum atomic E-state index is 13.3. The average molecular weight is 393 g/mol. The Morgan fingerprint density at radius 1 is 1.00 bits per heavy atom. The van der Waals surface area contributed by atoms with E-state index in [2.05, 4.69) is 39.3 Å². The Hall–Kier alpha value is -3.48. The Morgan fingerprint density at radius 2 is 1.72 bits per heavy atom. The van der Waals surface area contributed by atoms with Crippen LogP contribution in [-0.4, -0.2) is 29.0 Å². The first-order chi connectivity index (χ1) is 14.0. The summed E-state index contributed by atoms with van der Waals surface area (Å²) < 4.78 is 13.3. The second kappa shape index (κ2) is 9.14. The smallest absolute Gasteiger partial charge is 0.274 e. The number of aromatic nitrogens is 2. The molecule has 0 fully saturated rings. The van der Waals surface area contributed by atoms with Crippen LogP contribution in [0.1, 0.15) is 30.2 Å². The summed E-state index contributed by atoms with van der Waals surface area (Å²) in [5, 5.41) is 5.85. The molecule has 150 valence electrons. The van der Waals surface area contributed by atoms with Gasteiger partial charge in [0, 0.05) is 36.2 Å². The lowest BCUT2D eigenvalue weighted by Crippen LogP contribution is -2.21. The Kier molecular flexibility index (Phi) is 6.39. The van der Waals surface area contributed by atoms with Crippen molar-refractivity contribution in [3.63, 3.8) is 0 Å². The molecule has 1 heterocycles. The summed E-state index contributed by atoms with van der Waals surface area (Å²) in [7, 11) is 0. The van der Waals surface area contributed by atoms with Gasteiger partial charge < -0.3 is 15.5 Å². The molecule has 1 aromatic heterocycles. The van der Waals surface area contributed by atoms with Crippen LogP contribution < -0.4 is 15.5 Å². The van der Waals surface area contributed by atoms with E-state index < -0.39 is 11.7 Å². The summed E-state index contributed by atoms with van der Waals surface area (Å²) in [5.41, 5.74) is 2.57. The predicted molar refractivity (Wildman–Crippen MR) is 114 cm³/mol. The van der Waals surface area contributed by atoms with Crippen molar-refractivity contribution >= 4 is 28.8 Å². The van der Waals surface area contributed by atoms with Gasteiger partial charge in [0.25, 0.3) is 5.91 Å². The number of nitrogens with one attached hydrogen (secondary N) is 2. The maximum Gasteiger partial charge on any atom is 0.274 e. The SMILES string of the molecule is CCN(CC)c1ccc(Nc2cc(C(=O)Nc3cccc(F)c3)nc(C)n2)cc1. The number of hydrogen-bond donors (Lipinski definition) is 2. The molecular weight excluding hydrogens is 369 g/mol. The van der Waals surface area contributed by atoms with Gasteiger partial charge in [-0.05, 0) is 63.2 Å². The number of rotatable bonds is 7. The standard InChI is InChI=1S/C22H24FN5O/c1-4-28(5-2)19-11-9-17(10-12-19)26-21-14-20(24-15(3)25-21)22(29)27-18-8-6-7-16(23)13-18/h6-14H,4-5H2,1-3H3,(H,27,29)(H,24,25,26). The highest BCUT2D eigenvalue weighted by molar-refractivity contribution is 6.03. The molecule has 0 saturated heterocycles. The number of amides is 1. The van der Waals surface area contributed by atoms with Gasteiger partial charge in [0.15, 0.2) is 0 Å². The molecule has 6 nitrogen and oxygen atoms in total. The largest absolute Gasteiger partial charge is 0.372 e. The third-order valence-electron chi connectivity index (χ3n) is 4.42. The minimum atomic E-state index is -0.430.